The van der Waals surface area contributed by atoms with Crippen molar-refractivity contribution in [1.82, 2.24) is 10.2 Å². The van der Waals surface area contributed by atoms with Crippen molar-refractivity contribution in [2.75, 3.05) is 26.8 Å². The number of hydrogen-bond acceptors (Lipinski definition) is 6. The van der Waals surface area contributed by atoms with Crippen molar-refractivity contribution >= 4 is 24.0 Å². The summed E-state index contributed by atoms with van der Waals surface area (Å²) in [5.74, 6) is 0.351. The largest absolute Gasteiger partial charge is 0.490 e. The van der Waals surface area contributed by atoms with Gasteiger partial charge in [0.25, 0.3) is 5.91 Å². The lowest BCUT2D eigenvalue weighted by Crippen LogP contribution is -2.58. The minimum Gasteiger partial charge on any atom is -0.490 e. The molecule has 1 N–H and O–H groups in total. The van der Waals surface area contributed by atoms with Crippen LogP contribution >= 0.6 is 12.4 Å². The van der Waals surface area contributed by atoms with Crippen LogP contribution in [0, 0.1) is 10.1 Å². The number of nitrogens with one attached hydrogen (secondary N) is 1. The zero-order valence-corrected chi connectivity index (χ0v) is 14.7. The number of ether oxygens (including phenoxy) is 2. The summed E-state index contributed by atoms with van der Waals surface area (Å²) in [6.45, 7) is 5.30. The quantitative estimate of drug-likeness (QED) is 0.634. The lowest BCUT2D eigenvalue weighted by Gasteiger charge is -2.38. The van der Waals surface area contributed by atoms with Crippen LogP contribution in [-0.4, -0.2) is 54.6 Å². The minimum atomic E-state index is -0.530. The average Bonchev–Trinajstić information content (AvgIpc) is 2.54. The molecule has 1 fully saturated rings. The molecular weight excluding hydrogens is 338 g/mol. The van der Waals surface area contributed by atoms with E-state index in [9.17, 15) is 14.9 Å². The lowest BCUT2D eigenvalue weighted by molar-refractivity contribution is -0.385. The SMILES string of the molecule is COc1cc(OCC(=O)N2CCNC(C)C2C)ccc1[N+](=O)[O-].Cl. The first-order valence-corrected chi connectivity index (χ1v) is 7.42. The Morgan fingerprint density at radius 3 is 2.79 bits per heavy atom. The Labute approximate surface area is 146 Å². The van der Waals surface area contributed by atoms with E-state index in [1.807, 2.05) is 13.8 Å². The molecule has 1 aromatic rings. The van der Waals surface area contributed by atoms with Crippen LogP contribution in [-0.2, 0) is 4.79 Å². The van der Waals surface area contributed by atoms with E-state index in [0.717, 1.165) is 6.54 Å². The maximum Gasteiger partial charge on any atom is 0.311 e. The van der Waals surface area contributed by atoms with Gasteiger partial charge in [-0.05, 0) is 19.9 Å². The van der Waals surface area contributed by atoms with Crippen molar-refractivity contribution in [3.05, 3.63) is 28.3 Å². The van der Waals surface area contributed by atoms with E-state index >= 15 is 0 Å². The van der Waals surface area contributed by atoms with Gasteiger partial charge in [0.2, 0.25) is 5.75 Å². The number of piperazine rings is 1. The molecule has 1 amide bonds. The third-order valence-electron chi connectivity index (χ3n) is 4.06. The van der Waals surface area contributed by atoms with Crippen LogP contribution < -0.4 is 14.8 Å². The maximum absolute atomic E-state index is 12.3. The number of halogens is 1. The molecular formula is C15H22ClN3O5. The standard InChI is InChI=1S/C15H21N3O5.ClH/c1-10-11(2)17(7-6-16-10)15(19)9-23-12-4-5-13(18(20)21)14(8-12)22-3;/h4-5,8,10-11,16H,6-7,9H2,1-3H3;1H. The number of methoxy groups -OCH3 is 1. The van der Waals surface area contributed by atoms with Crippen LogP contribution in [0.3, 0.4) is 0 Å². The van der Waals surface area contributed by atoms with Gasteiger partial charge in [-0.25, -0.2) is 0 Å². The first-order valence-electron chi connectivity index (χ1n) is 7.42. The molecule has 24 heavy (non-hydrogen) atoms. The molecule has 1 aromatic carbocycles. The third kappa shape index (κ3) is 4.48. The minimum absolute atomic E-state index is 0. The van der Waals surface area contributed by atoms with Gasteiger partial charge >= 0.3 is 5.69 Å². The monoisotopic (exact) mass is 359 g/mol. The van der Waals surface area contributed by atoms with Gasteiger partial charge in [-0.15, -0.1) is 12.4 Å². The van der Waals surface area contributed by atoms with Crippen molar-refractivity contribution in [3.8, 4) is 11.5 Å². The Morgan fingerprint density at radius 2 is 2.17 bits per heavy atom. The van der Waals surface area contributed by atoms with Gasteiger partial charge in [0.15, 0.2) is 6.61 Å². The first-order chi connectivity index (χ1) is 10.9. The van der Waals surface area contributed by atoms with Crippen molar-refractivity contribution in [1.29, 1.82) is 0 Å². The van der Waals surface area contributed by atoms with Crippen LogP contribution in [0.5, 0.6) is 11.5 Å². The summed E-state index contributed by atoms with van der Waals surface area (Å²) >= 11 is 0. The fraction of sp³-hybridized carbons (Fsp3) is 0.533. The first kappa shape index (κ1) is 20.0. The van der Waals surface area contributed by atoms with Gasteiger partial charge < -0.3 is 19.7 Å². The number of nitro benzene ring substituents is 1. The van der Waals surface area contributed by atoms with Gasteiger partial charge in [-0.1, -0.05) is 0 Å². The molecule has 1 aliphatic heterocycles. The summed E-state index contributed by atoms with van der Waals surface area (Å²) in [6, 6.07) is 4.49. The van der Waals surface area contributed by atoms with Gasteiger partial charge in [0.1, 0.15) is 5.75 Å². The topological polar surface area (TPSA) is 93.9 Å². The molecule has 0 bridgehead atoms. The fourth-order valence-electron chi connectivity index (χ4n) is 2.54. The summed E-state index contributed by atoms with van der Waals surface area (Å²) in [4.78, 5) is 24.4. The van der Waals surface area contributed by atoms with Crippen LogP contribution in [0.15, 0.2) is 18.2 Å². The zero-order valence-electron chi connectivity index (χ0n) is 13.9. The van der Waals surface area contributed by atoms with Gasteiger partial charge in [0, 0.05) is 37.3 Å². The van der Waals surface area contributed by atoms with Crippen molar-refractivity contribution < 1.29 is 19.2 Å². The van der Waals surface area contributed by atoms with Gasteiger partial charge in [0.05, 0.1) is 12.0 Å². The molecule has 0 radical (unpaired) electrons. The van der Waals surface area contributed by atoms with Crippen LogP contribution in [0.1, 0.15) is 13.8 Å². The second kappa shape index (κ2) is 8.70. The van der Waals surface area contributed by atoms with E-state index in [1.54, 1.807) is 4.90 Å². The maximum atomic E-state index is 12.3. The number of benzene rings is 1. The van der Waals surface area contributed by atoms with Crippen LogP contribution in [0.25, 0.3) is 0 Å². The number of carbonyl (C=O) groups excluding carboxylic acids is 1. The van der Waals surface area contributed by atoms with Crippen molar-refractivity contribution in [2.45, 2.75) is 25.9 Å². The Kier molecular flexibility index (Phi) is 7.24. The summed E-state index contributed by atoms with van der Waals surface area (Å²) in [5, 5.41) is 14.2. The molecule has 1 aliphatic rings. The second-order valence-corrected chi connectivity index (χ2v) is 5.45. The molecule has 0 aromatic heterocycles. The van der Waals surface area contributed by atoms with Crippen molar-refractivity contribution in [3.63, 3.8) is 0 Å². The molecule has 2 rings (SSSR count). The van der Waals surface area contributed by atoms with Crippen molar-refractivity contribution in [2.24, 2.45) is 0 Å². The second-order valence-electron chi connectivity index (χ2n) is 5.45. The molecule has 2 atom stereocenters. The van der Waals surface area contributed by atoms with Crippen LogP contribution in [0.4, 0.5) is 5.69 Å². The van der Waals surface area contributed by atoms with Gasteiger partial charge in [-0.2, -0.15) is 0 Å². The normalized spacial score (nSPS) is 20.0. The molecule has 8 nitrogen and oxygen atoms in total. The summed E-state index contributed by atoms with van der Waals surface area (Å²) in [7, 11) is 1.35. The highest BCUT2D eigenvalue weighted by Crippen LogP contribution is 2.30. The molecule has 0 saturated carbocycles. The Hall–Kier alpha value is -2.06. The third-order valence-corrected chi connectivity index (χ3v) is 4.06. The Morgan fingerprint density at radius 1 is 1.46 bits per heavy atom. The fourth-order valence-corrected chi connectivity index (χ4v) is 2.54. The number of rotatable bonds is 5. The molecule has 0 spiro atoms. The number of nitrogens with zero attached hydrogens (tertiary/aromatic N) is 2. The average molecular weight is 360 g/mol. The van der Waals surface area contributed by atoms with E-state index < -0.39 is 4.92 Å². The van der Waals surface area contributed by atoms with E-state index in [2.05, 4.69) is 5.32 Å². The Balaban J connectivity index is 0.00000288. The molecule has 2 unspecified atom stereocenters. The van der Waals surface area contributed by atoms with E-state index in [-0.39, 0.29) is 48.4 Å². The number of carbonyl (C=O) groups is 1. The van der Waals surface area contributed by atoms with E-state index in [4.69, 9.17) is 9.47 Å². The molecule has 134 valence electrons. The molecule has 1 saturated heterocycles. The highest BCUT2D eigenvalue weighted by molar-refractivity contribution is 5.85. The predicted octanol–water partition coefficient (Wildman–Crippen LogP) is 1.61. The van der Waals surface area contributed by atoms with Gasteiger partial charge in [-0.3, -0.25) is 14.9 Å². The lowest BCUT2D eigenvalue weighted by atomic mass is 10.1. The summed E-state index contributed by atoms with van der Waals surface area (Å²) in [6.07, 6.45) is 0. The van der Waals surface area contributed by atoms with E-state index in [0.29, 0.717) is 12.3 Å². The zero-order chi connectivity index (χ0) is 17.0. The van der Waals surface area contributed by atoms with E-state index in [1.165, 1.54) is 25.3 Å². The number of hydrogen-bond donors (Lipinski definition) is 1. The molecule has 0 aliphatic carbocycles. The predicted molar refractivity (Wildman–Crippen MR) is 91.0 cm³/mol. The summed E-state index contributed by atoms with van der Waals surface area (Å²) < 4.78 is 10.4. The smallest absolute Gasteiger partial charge is 0.311 e. The molecule has 9 heteroatoms. The number of nitro groups is 1. The highest BCUT2D eigenvalue weighted by Gasteiger charge is 2.28. The molecule has 1 heterocycles. The Bertz CT molecular complexity index is 598. The van der Waals surface area contributed by atoms with Crippen LogP contribution in [0.2, 0.25) is 0 Å². The number of amides is 1. The summed E-state index contributed by atoms with van der Waals surface area (Å²) in [5.41, 5.74) is -0.143. The highest BCUT2D eigenvalue weighted by atomic mass is 35.5.